The van der Waals surface area contributed by atoms with Crippen LogP contribution in [0.25, 0.3) is 0 Å². The highest BCUT2D eigenvalue weighted by atomic mass is 32.2. The molecule has 1 aromatic rings. The van der Waals surface area contributed by atoms with E-state index in [2.05, 4.69) is 6.92 Å². The number of nitrogens with zero attached hydrogens (tertiary/aromatic N) is 1. The minimum absolute atomic E-state index is 0.0454. The first-order chi connectivity index (χ1) is 9.78. The van der Waals surface area contributed by atoms with Gasteiger partial charge in [0.05, 0.1) is 7.11 Å². The number of ether oxygens (including phenoxy) is 1. The van der Waals surface area contributed by atoms with Crippen LogP contribution in [0.5, 0.6) is 0 Å². The van der Waals surface area contributed by atoms with E-state index in [4.69, 9.17) is 4.74 Å². The van der Waals surface area contributed by atoms with Crippen molar-refractivity contribution in [2.75, 3.05) is 13.7 Å². The summed E-state index contributed by atoms with van der Waals surface area (Å²) in [4.78, 5) is 12.1. The normalized spacial score (nSPS) is 24.0. The van der Waals surface area contributed by atoms with Crippen molar-refractivity contribution in [3.63, 3.8) is 0 Å². The summed E-state index contributed by atoms with van der Waals surface area (Å²) < 4.78 is 32.2. The lowest BCUT2D eigenvalue weighted by Gasteiger charge is -2.35. The topological polar surface area (TPSA) is 63.7 Å². The molecule has 1 fully saturated rings. The maximum Gasteiger partial charge on any atom is 0.349 e. The van der Waals surface area contributed by atoms with Crippen molar-refractivity contribution in [1.29, 1.82) is 0 Å². The van der Waals surface area contributed by atoms with Crippen molar-refractivity contribution >= 4 is 27.3 Å². The maximum atomic E-state index is 13.0. The van der Waals surface area contributed by atoms with Gasteiger partial charge in [-0.15, -0.1) is 11.3 Å². The predicted molar refractivity (Wildman–Crippen MR) is 82.1 cm³/mol. The van der Waals surface area contributed by atoms with E-state index >= 15 is 0 Å². The minimum atomic E-state index is -3.67. The van der Waals surface area contributed by atoms with Gasteiger partial charge in [-0.05, 0) is 43.6 Å². The number of methoxy groups -OCH3 is 1. The SMILES string of the molecule is COC(=O)c1scc(C)c1S(=O)(=O)N1CC(C)CCC1C. The fourth-order valence-electron chi connectivity index (χ4n) is 2.69. The third-order valence-corrected chi connectivity index (χ3v) is 7.29. The Morgan fingerprint density at radius 3 is 2.67 bits per heavy atom. The van der Waals surface area contributed by atoms with Crippen LogP contribution < -0.4 is 0 Å². The average molecular weight is 331 g/mol. The Kier molecular flexibility index (Phi) is 4.75. The molecule has 21 heavy (non-hydrogen) atoms. The second-order valence-corrected chi connectivity index (χ2v) is 8.38. The molecule has 0 saturated carbocycles. The van der Waals surface area contributed by atoms with Crippen molar-refractivity contribution in [2.24, 2.45) is 5.92 Å². The zero-order chi connectivity index (χ0) is 15.8. The third-order valence-electron chi connectivity index (χ3n) is 3.92. The van der Waals surface area contributed by atoms with Crippen LogP contribution in [0.2, 0.25) is 0 Å². The summed E-state index contributed by atoms with van der Waals surface area (Å²) >= 11 is 1.12. The molecule has 2 unspecified atom stereocenters. The summed E-state index contributed by atoms with van der Waals surface area (Å²) in [5.41, 5.74) is 0.603. The van der Waals surface area contributed by atoms with Gasteiger partial charge >= 0.3 is 5.97 Å². The van der Waals surface area contributed by atoms with Crippen LogP contribution in [-0.2, 0) is 14.8 Å². The fourth-order valence-corrected chi connectivity index (χ4v) is 6.13. The van der Waals surface area contributed by atoms with Gasteiger partial charge in [-0.3, -0.25) is 0 Å². The van der Waals surface area contributed by atoms with E-state index in [9.17, 15) is 13.2 Å². The van der Waals surface area contributed by atoms with Crippen LogP contribution in [0.3, 0.4) is 0 Å². The molecule has 0 spiro atoms. The molecule has 0 radical (unpaired) electrons. The molecule has 7 heteroatoms. The first-order valence-electron chi connectivity index (χ1n) is 6.97. The number of hydrogen-bond acceptors (Lipinski definition) is 5. The van der Waals surface area contributed by atoms with Gasteiger partial charge in [0.25, 0.3) is 0 Å². The predicted octanol–water partition coefficient (Wildman–Crippen LogP) is 2.65. The second kappa shape index (κ2) is 6.06. The van der Waals surface area contributed by atoms with E-state index in [1.165, 1.54) is 11.4 Å². The molecule has 0 aromatic carbocycles. The maximum absolute atomic E-state index is 13.0. The molecule has 1 saturated heterocycles. The fraction of sp³-hybridized carbons (Fsp3) is 0.643. The molecule has 0 amide bonds. The molecular weight excluding hydrogens is 310 g/mol. The quantitative estimate of drug-likeness (QED) is 0.799. The molecule has 5 nitrogen and oxygen atoms in total. The van der Waals surface area contributed by atoms with Crippen LogP contribution in [0.1, 0.15) is 41.9 Å². The Labute approximate surface area is 130 Å². The number of esters is 1. The summed E-state index contributed by atoms with van der Waals surface area (Å²) in [6, 6.07) is -0.0454. The number of piperidine rings is 1. The summed E-state index contributed by atoms with van der Waals surface area (Å²) in [5, 5.41) is 1.69. The molecule has 118 valence electrons. The molecule has 0 N–H and O–H groups in total. The van der Waals surface area contributed by atoms with E-state index in [1.54, 1.807) is 12.3 Å². The monoisotopic (exact) mass is 331 g/mol. The third kappa shape index (κ3) is 3.00. The van der Waals surface area contributed by atoms with E-state index in [0.717, 1.165) is 24.2 Å². The van der Waals surface area contributed by atoms with Gasteiger partial charge < -0.3 is 4.74 Å². The first kappa shape index (κ1) is 16.5. The molecular formula is C14H21NO4S2. The Balaban J connectivity index is 2.49. The van der Waals surface area contributed by atoms with E-state index in [1.807, 2.05) is 6.92 Å². The van der Waals surface area contributed by atoms with Gasteiger partial charge in [-0.25, -0.2) is 13.2 Å². The molecule has 1 aliphatic rings. The van der Waals surface area contributed by atoms with Gasteiger partial charge in [0.1, 0.15) is 9.77 Å². The summed E-state index contributed by atoms with van der Waals surface area (Å²) in [5.74, 6) is -0.263. The summed E-state index contributed by atoms with van der Waals surface area (Å²) in [7, 11) is -2.41. The summed E-state index contributed by atoms with van der Waals surface area (Å²) in [6.45, 7) is 6.19. The molecule has 1 aromatic heterocycles. The van der Waals surface area contributed by atoms with Crippen LogP contribution >= 0.6 is 11.3 Å². The lowest BCUT2D eigenvalue weighted by Crippen LogP contribution is -2.45. The van der Waals surface area contributed by atoms with E-state index in [0.29, 0.717) is 18.0 Å². The smallest absolute Gasteiger partial charge is 0.349 e. The highest BCUT2D eigenvalue weighted by molar-refractivity contribution is 7.89. The standard InChI is InChI=1S/C14H21NO4S2/c1-9-5-6-11(3)15(7-9)21(17,18)13-10(2)8-20-12(13)14(16)19-4/h8-9,11H,5-7H2,1-4H3. The van der Waals surface area contributed by atoms with E-state index < -0.39 is 16.0 Å². The van der Waals surface area contributed by atoms with Crippen molar-refractivity contribution in [3.8, 4) is 0 Å². The second-order valence-electron chi connectivity index (χ2n) is 5.67. The molecule has 2 heterocycles. The van der Waals surface area contributed by atoms with Gasteiger partial charge in [0.15, 0.2) is 0 Å². The molecule has 1 aliphatic heterocycles. The number of sulfonamides is 1. The zero-order valence-electron chi connectivity index (χ0n) is 12.8. The Hall–Kier alpha value is -0.920. The van der Waals surface area contributed by atoms with Gasteiger partial charge in [-0.1, -0.05) is 6.92 Å². The molecule has 2 rings (SSSR count). The number of carbonyl (C=O) groups is 1. The zero-order valence-corrected chi connectivity index (χ0v) is 14.4. The number of thiophene rings is 1. The Bertz CT molecular complexity index is 635. The highest BCUT2D eigenvalue weighted by Crippen LogP contribution is 2.34. The van der Waals surface area contributed by atoms with Crippen LogP contribution in [0, 0.1) is 12.8 Å². The molecule has 2 atom stereocenters. The van der Waals surface area contributed by atoms with Gasteiger partial charge in [0, 0.05) is 12.6 Å². The average Bonchev–Trinajstić information content (AvgIpc) is 2.83. The van der Waals surface area contributed by atoms with Crippen LogP contribution in [0.15, 0.2) is 10.3 Å². The number of rotatable bonds is 3. The molecule has 0 bridgehead atoms. The highest BCUT2D eigenvalue weighted by Gasteiger charge is 2.37. The van der Waals surface area contributed by atoms with Gasteiger partial charge in [-0.2, -0.15) is 4.31 Å². The summed E-state index contributed by atoms with van der Waals surface area (Å²) in [6.07, 6.45) is 1.87. The minimum Gasteiger partial charge on any atom is -0.465 e. The lowest BCUT2D eigenvalue weighted by molar-refractivity contribution is 0.0602. The van der Waals surface area contributed by atoms with Crippen LogP contribution in [-0.4, -0.2) is 38.4 Å². The largest absolute Gasteiger partial charge is 0.465 e. The number of carbonyl (C=O) groups excluding carboxylic acids is 1. The van der Waals surface area contributed by atoms with Crippen molar-refractivity contribution in [2.45, 2.75) is 44.6 Å². The Morgan fingerprint density at radius 2 is 2.05 bits per heavy atom. The van der Waals surface area contributed by atoms with Crippen molar-refractivity contribution in [3.05, 3.63) is 15.8 Å². The van der Waals surface area contributed by atoms with Crippen molar-refractivity contribution in [1.82, 2.24) is 4.31 Å². The lowest BCUT2D eigenvalue weighted by atomic mass is 9.97. The number of hydrogen-bond donors (Lipinski definition) is 0. The number of aryl methyl sites for hydroxylation is 1. The van der Waals surface area contributed by atoms with E-state index in [-0.39, 0.29) is 15.8 Å². The van der Waals surface area contributed by atoms with Crippen molar-refractivity contribution < 1.29 is 17.9 Å². The molecule has 0 aliphatic carbocycles. The van der Waals surface area contributed by atoms with Crippen LogP contribution in [0.4, 0.5) is 0 Å². The van der Waals surface area contributed by atoms with Gasteiger partial charge in [0.2, 0.25) is 10.0 Å². The Morgan fingerprint density at radius 1 is 1.38 bits per heavy atom. The first-order valence-corrected chi connectivity index (χ1v) is 9.29.